The van der Waals surface area contributed by atoms with Crippen LogP contribution >= 0.6 is 0 Å². The van der Waals surface area contributed by atoms with Gasteiger partial charge in [-0.2, -0.15) is 5.10 Å². The van der Waals surface area contributed by atoms with E-state index in [9.17, 15) is 9.59 Å². The van der Waals surface area contributed by atoms with Crippen LogP contribution in [0.5, 0.6) is 0 Å². The molecule has 2 aromatic rings. The smallest absolute Gasteiger partial charge is 0.310 e. The highest BCUT2D eigenvalue weighted by Crippen LogP contribution is 2.23. The topological polar surface area (TPSA) is 75.3 Å². The second-order valence-corrected chi connectivity index (χ2v) is 6.81. The first kappa shape index (κ1) is 18.2. The van der Waals surface area contributed by atoms with Crippen molar-refractivity contribution < 1.29 is 14.3 Å². The van der Waals surface area contributed by atoms with Crippen LogP contribution in [0.4, 0.5) is 0 Å². The van der Waals surface area contributed by atoms with Crippen molar-refractivity contribution in [2.45, 2.75) is 33.6 Å². The number of hydrogen-bond acceptors (Lipinski definition) is 4. The molecular formula is C20H25N3O3. The lowest BCUT2D eigenvalue weighted by Crippen LogP contribution is -2.43. The van der Waals surface area contributed by atoms with Gasteiger partial charge in [0.2, 0.25) is 0 Å². The molecule has 6 heteroatoms. The first-order valence-electron chi connectivity index (χ1n) is 9.08. The Balaban J connectivity index is 1.73. The molecule has 1 atom stereocenters. The molecule has 26 heavy (non-hydrogen) atoms. The molecule has 1 aliphatic rings. The summed E-state index contributed by atoms with van der Waals surface area (Å²) in [6.45, 7) is 7.32. The third kappa shape index (κ3) is 3.79. The highest BCUT2D eigenvalue weighted by Gasteiger charge is 2.30. The highest BCUT2D eigenvalue weighted by atomic mass is 16.5. The van der Waals surface area contributed by atoms with Crippen molar-refractivity contribution in [2.75, 3.05) is 19.7 Å². The first-order chi connectivity index (χ1) is 12.5. The number of ether oxygens (including phenoxy) is 1. The Morgan fingerprint density at radius 2 is 2.08 bits per heavy atom. The Morgan fingerprint density at radius 1 is 1.27 bits per heavy atom. The quantitative estimate of drug-likeness (QED) is 0.855. The van der Waals surface area contributed by atoms with Crippen LogP contribution < -0.4 is 0 Å². The fourth-order valence-electron chi connectivity index (χ4n) is 3.26. The number of carbonyl (C=O) groups excluding carboxylic acids is 2. The van der Waals surface area contributed by atoms with Gasteiger partial charge in [-0.15, -0.1) is 0 Å². The standard InChI is InChI=1S/C20H25N3O3/c1-4-26-20(25)16-6-5-9-23(12-16)19(24)18-11-17(21-22-18)15-8-7-13(2)14(3)10-15/h7-8,10-11,16H,4-6,9,12H2,1-3H3,(H,21,22). The van der Waals surface area contributed by atoms with Crippen molar-refractivity contribution in [3.05, 3.63) is 41.1 Å². The normalized spacial score (nSPS) is 17.2. The second kappa shape index (κ2) is 7.72. The minimum atomic E-state index is -0.241. The number of aromatic nitrogens is 2. The van der Waals surface area contributed by atoms with Gasteiger partial charge < -0.3 is 9.64 Å². The average Bonchev–Trinajstić information content (AvgIpc) is 3.14. The van der Waals surface area contributed by atoms with Crippen LogP contribution in [0.15, 0.2) is 24.3 Å². The molecule has 1 fully saturated rings. The van der Waals surface area contributed by atoms with Gasteiger partial charge in [-0.05, 0) is 56.9 Å². The van der Waals surface area contributed by atoms with Gasteiger partial charge in [-0.1, -0.05) is 12.1 Å². The van der Waals surface area contributed by atoms with E-state index in [0.29, 0.717) is 25.4 Å². The largest absolute Gasteiger partial charge is 0.466 e. The molecule has 0 bridgehead atoms. The zero-order valence-electron chi connectivity index (χ0n) is 15.5. The van der Waals surface area contributed by atoms with Crippen LogP contribution in [-0.2, 0) is 9.53 Å². The molecule has 1 aromatic carbocycles. The minimum Gasteiger partial charge on any atom is -0.466 e. The number of likely N-dealkylation sites (tertiary alicyclic amines) is 1. The average molecular weight is 355 g/mol. The predicted molar refractivity (Wildman–Crippen MR) is 98.8 cm³/mol. The van der Waals surface area contributed by atoms with Crippen LogP contribution in [0, 0.1) is 19.8 Å². The number of piperidine rings is 1. The van der Waals surface area contributed by atoms with E-state index in [0.717, 1.165) is 24.1 Å². The van der Waals surface area contributed by atoms with Crippen LogP contribution in [0.2, 0.25) is 0 Å². The SMILES string of the molecule is CCOC(=O)C1CCCN(C(=O)c2cc(-c3ccc(C)c(C)c3)n[nH]2)C1. The van der Waals surface area contributed by atoms with Gasteiger partial charge in [0, 0.05) is 18.7 Å². The molecule has 1 N–H and O–H groups in total. The molecule has 0 radical (unpaired) electrons. The van der Waals surface area contributed by atoms with Crippen LogP contribution in [-0.4, -0.2) is 46.7 Å². The molecular weight excluding hydrogens is 330 g/mol. The van der Waals surface area contributed by atoms with Crippen molar-refractivity contribution in [3.63, 3.8) is 0 Å². The van der Waals surface area contributed by atoms with Crippen molar-refractivity contribution in [3.8, 4) is 11.3 Å². The maximum atomic E-state index is 12.8. The van der Waals surface area contributed by atoms with Gasteiger partial charge in [0.05, 0.1) is 18.2 Å². The molecule has 3 rings (SSSR count). The molecule has 6 nitrogen and oxygen atoms in total. The minimum absolute atomic E-state index is 0.124. The number of amides is 1. The molecule has 138 valence electrons. The maximum absolute atomic E-state index is 12.8. The lowest BCUT2D eigenvalue weighted by atomic mass is 9.98. The van der Waals surface area contributed by atoms with E-state index in [1.54, 1.807) is 17.9 Å². The number of H-pyrrole nitrogens is 1. The highest BCUT2D eigenvalue weighted by molar-refractivity contribution is 5.93. The van der Waals surface area contributed by atoms with Gasteiger partial charge in [0.25, 0.3) is 5.91 Å². The molecule has 0 spiro atoms. The molecule has 1 aromatic heterocycles. The first-order valence-corrected chi connectivity index (χ1v) is 9.08. The van der Waals surface area contributed by atoms with Gasteiger partial charge >= 0.3 is 5.97 Å². The summed E-state index contributed by atoms with van der Waals surface area (Å²) in [5.41, 5.74) is 4.58. The lowest BCUT2D eigenvalue weighted by molar-refractivity contribution is -0.149. The Morgan fingerprint density at radius 3 is 2.81 bits per heavy atom. The van der Waals surface area contributed by atoms with Crippen molar-refractivity contribution in [1.82, 2.24) is 15.1 Å². The summed E-state index contributed by atoms with van der Waals surface area (Å²) in [6.07, 6.45) is 1.56. The van der Waals surface area contributed by atoms with Crippen molar-refractivity contribution >= 4 is 11.9 Å². The van der Waals surface area contributed by atoms with E-state index >= 15 is 0 Å². The number of nitrogens with zero attached hydrogens (tertiary/aromatic N) is 2. The fraction of sp³-hybridized carbons (Fsp3) is 0.450. The van der Waals surface area contributed by atoms with Gasteiger partial charge in [-0.3, -0.25) is 14.7 Å². The Hall–Kier alpha value is -2.63. The summed E-state index contributed by atoms with van der Waals surface area (Å²) in [4.78, 5) is 26.5. The van der Waals surface area contributed by atoms with Crippen LogP contribution in [0.3, 0.4) is 0 Å². The maximum Gasteiger partial charge on any atom is 0.310 e. The zero-order chi connectivity index (χ0) is 18.7. The van der Waals surface area contributed by atoms with Gasteiger partial charge in [-0.25, -0.2) is 0 Å². The number of hydrogen-bond donors (Lipinski definition) is 1. The molecule has 1 aliphatic heterocycles. The van der Waals surface area contributed by atoms with Gasteiger partial charge in [0.15, 0.2) is 0 Å². The molecule has 0 aliphatic carbocycles. The van der Waals surface area contributed by atoms with E-state index in [1.165, 1.54) is 11.1 Å². The van der Waals surface area contributed by atoms with Gasteiger partial charge in [0.1, 0.15) is 5.69 Å². The number of rotatable bonds is 4. The molecule has 1 amide bonds. The molecule has 1 saturated heterocycles. The number of carbonyl (C=O) groups is 2. The number of aromatic amines is 1. The summed E-state index contributed by atoms with van der Waals surface area (Å²) < 4.78 is 5.10. The molecule has 0 saturated carbocycles. The lowest BCUT2D eigenvalue weighted by Gasteiger charge is -2.31. The van der Waals surface area contributed by atoms with Crippen molar-refractivity contribution in [1.29, 1.82) is 0 Å². The summed E-state index contributed by atoms with van der Waals surface area (Å²) >= 11 is 0. The summed E-state index contributed by atoms with van der Waals surface area (Å²) in [5.74, 6) is -0.582. The number of nitrogens with one attached hydrogen (secondary N) is 1. The fourth-order valence-corrected chi connectivity index (χ4v) is 3.26. The Kier molecular flexibility index (Phi) is 5.40. The number of aryl methyl sites for hydroxylation is 2. The monoisotopic (exact) mass is 355 g/mol. The van der Waals surface area contributed by atoms with E-state index < -0.39 is 0 Å². The van der Waals surface area contributed by atoms with Crippen LogP contribution in [0.25, 0.3) is 11.3 Å². The van der Waals surface area contributed by atoms with E-state index in [4.69, 9.17) is 4.74 Å². The Bertz CT molecular complexity index is 812. The van der Waals surface area contributed by atoms with Crippen LogP contribution in [0.1, 0.15) is 41.4 Å². The third-order valence-corrected chi connectivity index (χ3v) is 4.94. The summed E-state index contributed by atoms with van der Waals surface area (Å²) in [6, 6.07) is 7.90. The summed E-state index contributed by atoms with van der Waals surface area (Å²) in [7, 11) is 0. The molecule has 1 unspecified atom stereocenters. The van der Waals surface area contributed by atoms with E-state index in [-0.39, 0.29) is 17.8 Å². The molecule has 2 heterocycles. The Labute approximate surface area is 153 Å². The summed E-state index contributed by atoms with van der Waals surface area (Å²) in [5, 5.41) is 7.14. The second-order valence-electron chi connectivity index (χ2n) is 6.81. The number of esters is 1. The van der Waals surface area contributed by atoms with E-state index in [2.05, 4.69) is 36.2 Å². The van der Waals surface area contributed by atoms with E-state index in [1.807, 2.05) is 6.07 Å². The predicted octanol–water partition coefficient (Wildman–Crippen LogP) is 3.11. The zero-order valence-corrected chi connectivity index (χ0v) is 15.5. The third-order valence-electron chi connectivity index (χ3n) is 4.94. The van der Waals surface area contributed by atoms with Crippen molar-refractivity contribution in [2.24, 2.45) is 5.92 Å². The number of benzene rings is 1.